The van der Waals surface area contributed by atoms with Gasteiger partial charge in [-0.2, -0.15) is 0 Å². The highest BCUT2D eigenvalue weighted by atomic mass is 19.1. The fraction of sp³-hybridized carbons (Fsp3) is 0. The molecule has 0 amide bonds. The number of fused-ring (bicyclic) bond motifs is 1. The Bertz CT molecular complexity index is 803. The molecule has 3 rings (SSSR count). The van der Waals surface area contributed by atoms with Gasteiger partial charge in [-0.05, 0) is 30.3 Å². The van der Waals surface area contributed by atoms with Gasteiger partial charge in [0, 0.05) is 28.1 Å². The zero-order valence-corrected chi connectivity index (χ0v) is 10.1. The van der Waals surface area contributed by atoms with E-state index in [0.29, 0.717) is 17.2 Å². The molecule has 0 bridgehead atoms. The Morgan fingerprint density at radius 2 is 1.60 bits per heavy atom. The maximum absolute atomic E-state index is 13.3. The van der Waals surface area contributed by atoms with Crippen molar-refractivity contribution >= 4 is 17.2 Å². The standard InChI is InChI=1S/C15H8F3NO/c16-9-1-2-14-12(6-9)13(7-20)15(19-14)8-3-10(17)5-11(18)4-8/h1-7,19H. The molecule has 0 radical (unpaired) electrons. The molecular formula is C15H8F3NO. The number of benzene rings is 2. The van der Waals surface area contributed by atoms with Crippen molar-refractivity contribution in [2.75, 3.05) is 0 Å². The van der Waals surface area contributed by atoms with Gasteiger partial charge < -0.3 is 4.98 Å². The lowest BCUT2D eigenvalue weighted by atomic mass is 10.1. The normalized spacial score (nSPS) is 10.9. The molecule has 0 aliphatic rings. The number of rotatable bonds is 2. The van der Waals surface area contributed by atoms with Gasteiger partial charge in [-0.25, -0.2) is 13.2 Å². The Hall–Kier alpha value is -2.56. The number of hydrogen-bond donors (Lipinski definition) is 1. The van der Waals surface area contributed by atoms with E-state index in [-0.39, 0.29) is 16.8 Å². The van der Waals surface area contributed by atoms with Gasteiger partial charge in [0.2, 0.25) is 0 Å². The highest BCUT2D eigenvalue weighted by Crippen LogP contribution is 2.30. The van der Waals surface area contributed by atoms with E-state index in [1.807, 2.05) is 0 Å². The van der Waals surface area contributed by atoms with Crippen molar-refractivity contribution in [2.24, 2.45) is 0 Å². The lowest BCUT2D eigenvalue weighted by molar-refractivity contribution is 0.112. The predicted octanol–water partition coefficient (Wildman–Crippen LogP) is 4.06. The Labute approximate surface area is 111 Å². The number of halogens is 3. The minimum Gasteiger partial charge on any atom is -0.354 e. The second-order valence-corrected chi connectivity index (χ2v) is 4.38. The average molecular weight is 275 g/mol. The molecule has 0 saturated heterocycles. The Morgan fingerprint density at radius 1 is 0.900 bits per heavy atom. The van der Waals surface area contributed by atoms with Crippen LogP contribution >= 0.6 is 0 Å². The van der Waals surface area contributed by atoms with Crippen LogP contribution in [-0.2, 0) is 0 Å². The van der Waals surface area contributed by atoms with Gasteiger partial charge in [-0.15, -0.1) is 0 Å². The summed E-state index contributed by atoms with van der Waals surface area (Å²) >= 11 is 0. The highest BCUT2D eigenvalue weighted by Gasteiger charge is 2.14. The first kappa shape index (κ1) is 12.5. The van der Waals surface area contributed by atoms with Crippen LogP contribution < -0.4 is 0 Å². The van der Waals surface area contributed by atoms with Gasteiger partial charge in [0.1, 0.15) is 17.5 Å². The largest absolute Gasteiger partial charge is 0.354 e. The molecule has 0 aliphatic heterocycles. The molecule has 1 aromatic heterocycles. The summed E-state index contributed by atoms with van der Waals surface area (Å²) in [6.45, 7) is 0. The highest BCUT2D eigenvalue weighted by molar-refractivity contribution is 6.04. The van der Waals surface area contributed by atoms with Crippen molar-refractivity contribution in [3.05, 3.63) is 59.4 Å². The lowest BCUT2D eigenvalue weighted by Crippen LogP contribution is -1.88. The van der Waals surface area contributed by atoms with Gasteiger partial charge in [0.25, 0.3) is 0 Å². The van der Waals surface area contributed by atoms with Crippen LogP contribution in [0.5, 0.6) is 0 Å². The van der Waals surface area contributed by atoms with E-state index in [1.165, 1.54) is 18.2 Å². The molecule has 0 aliphatic carbocycles. The van der Waals surface area contributed by atoms with E-state index in [1.54, 1.807) is 0 Å². The van der Waals surface area contributed by atoms with Crippen molar-refractivity contribution in [1.29, 1.82) is 0 Å². The van der Waals surface area contributed by atoms with Crippen LogP contribution in [0.1, 0.15) is 10.4 Å². The first-order valence-corrected chi connectivity index (χ1v) is 5.81. The Morgan fingerprint density at radius 3 is 2.25 bits per heavy atom. The monoisotopic (exact) mass is 275 g/mol. The summed E-state index contributed by atoms with van der Waals surface area (Å²) in [6, 6.07) is 6.87. The molecule has 0 saturated carbocycles. The van der Waals surface area contributed by atoms with Crippen LogP contribution in [0, 0.1) is 17.5 Å². The number of carbonyl (C=O) groups excluding carboxylic acids is 1. The molecule has 0 atom stereocenters. The second kappa shape index (κ2) is 4.52. The van der Waals surface area contributed by atoms with E-state index < -0.39 is 17.5 Å². The average Bonchev–Trinajstić information content (AvgIpc) is 2.75. The fourth-order valence-corrected chi connectivity index (χ4v) is 2.23. The van der Waals surface area contributed by atoms with Crippen molar-refractivity contribution < 1.29 is 18.0 Å². The molecule has 1 heterocycles. The molecule has 0 unspecified atom stereocenters. The summed E-state index contributed by atoms with van der Waals surface area (Å²) in [5, 5.41) is 0.375. The summed E-state index contributed by atoms with van der Waals surface area (Å²) in [6.07, 6.45) is 0.538. The number of aldehydes is 1. The van der Waals surface area contributed by atoms with Gasteiger partial charge in [0.05, 0.1) is 5.69 Å². The van der Waals surface area contributed by atoms with Crippen molar-refractivity contribution in [3.8, 4) is 11.3 Å². The summed E-state index contributed by atoms with van der Waals surface area (Å²) < 4.78 is 39.8. The van der Waals surface area contributed by atoms with Crippen LogP contribution in [0.2, 0.25) is 0 Å². The molecule has 20 heavy (non-hydrogen) atoms. The Kier molecular flexibility index (Phi) is 2.82. The third-order valence-electron chi connectivity index (χ3n) is 3.07. The van der Waals surface area contributed by atoms with Crippen molar-refractivity contribution in [1.82, 2.24) is 4.98 Å². The second-order valence-electron chi connectivity index (χ2n) is 4.38. The predicted molar refractivity (Wildman–Crippen MR) is 69.0 cm³/mol. The summed E-state index contributed by atoms with van der Waals surface area (Å²) in [7, 11) is 0. The minimum absolute atomic E-state index is 0.171. The quantitative estimate of drug-likeness (QED) is 0.703. The van der Waals surface area contributed by atoms with E-state index in [4.69, 9.17) is 0 Å². The maximum atomic E-state index is 13.3. The summed E-state index contributed by atoms with van der Waals surface area (Å²) in [4.78, 5) is 14.1. The smallest absolute Gasteiger partial charge is 0.152 e. The molecular weight excluding hydrogens is 267 g/mol. The first-order chi connectivity index (χ1) is 9.58. The summed E-state index contributed by atoms with van der Waals surface area (Å²) in [5.41, 5.74) is 1.15. The zero-order valence-electron chi connectivity index (χ0n) is 10.1. The molecule has 0 fully saturated rings. The van der Waals surface area contributed by atoms with Crippen molar-refractivity contribution in [2.45, 2.75) is 0 Å². The Balaban J connectivity index is 2.32. The molecule has 5 heteroatoms. The van der Waals surface area contributed by atoms with E-state index >= 15 is 0 Å². The van der Waals surface area contributed by atoms with Gasteiger partial charge in [0.15, 0.2) is 6.29 Å². The van der Waals surface area contributed by atoms with E-state index in [9.17, 15) is 18.0 Å². The van der Waals surface area contributed by atoms with Crippen LogP contribution in [0.4, 0.5) is 13.2 Å². The van der Waals surface area contributed by atoms with Gasteiger partial charge in [-0.3, -0.25) is 4.79 Å². The lowest BCUT2D eigenvalue weighted by Gasteiger charge is -2.01. The number of H-pyrrole nitrogens is 1. The van der Waals surface area contributed by atoms with E-state index in [2.05, 4.69) is 4.98 Å². The topological polar surface area (TPSA) is 32.9 Å². The van der Waals surface area contributed by atoms with Crippen LogP contribution in [0.15, 0.2) is 36.4 Å². The van der Waals surface area contributed by atoms with E-state index in [0.717, 1.165) is 18.2 Å². The fourth-order valence-electron chi connectivity index (χ4n) is 2.23. The maximum Gasteiger partial charge on any atom is 0.152 e. The third-order valence-corrected chi connectivity index (χ3v) is 3.07. The number of aromatic nitrogens is 1. The third kappa shape index (κ3) is 1.97. The molecule has 2 aromatic carbocycles. The molecule has 100 valence electrons. The SMILES string of the molecule is O=Cc1c(-c2cc(F)cc(F)c2)[nH]c2ccc(F)cc12. The van der Waals surface area contributed by atoms with Crippen molar-refractivity contribution in [3.63, 3.8) is 0 Å². The zero-order chi connectivity index (χ0) is 14.3. The van der Waals surface area contributed by atoms with Crippen LogP contribution in [0.25, 0.3) is 22.2 Å². The number of aromatic amines is 1. The number of hydrogen-bond acceptors (Lipinski definition) is 1. The van der Waals surface area contributed by atoms with Gasteiger partial charge in [-0.1, -0.05) is 0 Å². The molecule has 2 nitrogen and oxygen atoms in total. The molecule has 3 aromatic rings. The first-order valence-electron chi connectivity index (χ1n) is 5.81. The number of carbonyl (C=O) groups is 1. The minimum atomic E-state index is -0.748. The summed E-state index contributed by atoms with van der Waals surface area (Å²) in [5.74, 6) is -1.99. The van der Waals surface area contributed by atoms with Crippen LogP contribution in [0.3, 0.4) is 0 Å². The van der Waals surface area contributed by atoms with Crippen LogP contribution in [-0.4, -0.2) is 11.3 Å². The number of nitrogens with one attached hydrogen (secondary N) is 1. The molecule has 1 N–H and O–H groups in total. The molecule has 0 spiro atoms. The van der Waals surface area contributed by atoms with Gasteiger partial charge >= 0.3 is 0 Å².